The Morgan fingerprint density at radius 1 is 1.31 bits per heavy atom. The maximum absolute atomic E-state index is 10.2. The zero-order chi connectivity index (χ0) is 9.31. The average molecular weight is 180 g/mol. The fraction of sp³-hybridized carbons (Fsp3) is 0.833. The van der Waals surface area contributed by atoms with Crippen LogP contribution in [0.3, 0.4) is 0 Å². The van der Waals surface area contributed by atoms with Gasteiger partial charge in [-0.2, -0.15) is 0 Å². The molecule has 1 fully saturated rings. The number of allylic oxidation sites excluding steroid dienone is 1. The highest BCUT2D eigenvalue weighted by atomic mass is 16.3. The van der Waals surface area contributed by atoms with Crippen molar-refractivity contribution in [2.75, 3.05) is 0 Å². The van der Waals surface area contributed by atoms with E-state index in [0.29, 0.717) is 0 Å². The summed E-state index contributed by atoms with van der Waals surface area (Å²) in [5.74, 6) is 0. The first-order valence-corrected chi connectivity index (χ1v) is 5.59. The fourth-order valence-electron chi connectivity index (χ4n) is 2.85. The van der Waals surface area contributed by atoms with E-state index in [-0.39, 0.29) is 11.5 Å². The van der Waals surface area contributed by atoms with Crippen LogP contribution in [0.15, 0.2) is 11.6 Å². The van der Waals surface area contributed by atoms with Gasteiger partial charge >= 0.3 is 0 Å². The maximum Gasteiger partial charge on any atom is 0.0803 e. The van der Waals surface area contributed by atoms with Crippen LogP contribution < -0.4 is 0 Å². The van der Waals surface area contributed by atoms with E-state index in [2.05, 4.69) is 13.0 Å². The predicted octanol–water partition coefficient (Wildman–Crippen LogP) is 3.04. The van der Waals surface area contributed by atoms with Crippen LogP contribution in [0.25, 0.3) is 0 Å². The molecule has 1 heteroatoms. The Hall–Kier alpha value is -0.300. The standard InChI is InChI=1S/C12H20O/c1-12(8-4-5-9-12)11(13)10-6-2-3-7-10/h6,11,13H,2-5,7-9H2,1H3. The molecule has 13 heavy (non-hydrogen) atoms. The third-order valence-corrected chi connectivity index (χ3v) is 3.83. The first kappa shape index (κ1) is 9.26. The number of aliphatic hydroxyl groups is 1. The summed E-state index contributed by atoms with van der Waals surface area (Å²) in [5, 5.41) is 10.2. The molecule has 0 amide bonds. The van der Waals surface area contributed by atoms with Gasteiger partial charge in [0, 0.05) is 0 Å². The van der Waals surface area contributed by atoms with Gasteiger partial charge in [-0.05, 0) is 43.1 Å². The molecule has 2 aliphatic carbocycles. The van der Waals surface area contributed by atoms with Gasteiger partial charge in [0.2, 0.25) is 0 Å². The molecule has 0 aromatic carbocycles. The molecule has 0 radical (unpaired) electrons. The summed E-state index contributed by atoms with van der Waals surface area (Å²) in [7, 11) is 0. The third kappa shape index (κ3) is 1.67. The van der Waals surface area contributed by atoms with Gasteiger partial charge in [0.15, 0.2) is 0 Å². The molecule has 0 aromatic rings. The van der Waals surface area contributed by atoms with Crippen LogP contribution in [0, 0.1) is 5.41 Å². The number of hydrogen-bond acceptors (Lipinski definition) is 1. The Bertz CT molecular complexity index is 211. The van der Waals surface area contributed by atoms with Crippen LogP contribution in [0.5, 0.6) is 0 Å². The topological polar surface area (TPSA) is 20.2 Å². The molecule has 0 aliphatic heterocycles. The molecule has 1 saturated carbocycles. The Balaban J connectivity index is 2.06. The van der Waals surface area contributed by atoms with Gasteiger partial charge in [0.25, 0.3) is 0 Å². The second-order valence-electron chi connectivity index (χ2n) is 4.93. The van der Waals surface area contributed by atoms with Crippen LogP contribution in [-0.4, -0.2) is 11.2 Å². The monoisotopic (exact) mass is 180 g/mol. The van der Waals surface area contributed by atoms with Gasteiger partial charge in [0.05, 0.1) is 6.10 Å². The summed E-state index contributed by atoms with van der Waals surface area (Å²) < 4.78 is 0. The zero-order valence-electron chi connectivity index (χ0n) is 8.55. The molecule has 0 heterocycles. The summed E-state index contributed by atoms with van der Waals surface area (Å²) >= 11 is 0. The van der Waals surface area contributed by atoms with Crippen molar-refractivity contribution in [3.63, 3.8) is 0 Å². The molecule has 1 unspecified atom stereocenters. The smallest absolute Gasteiger partial charge is 0.0803 e. The minimum absolute atomic E-state index is 0.141. The van der Waals surface area contributed by atoms with Crippen molar-refractivity contribution in [1.29, 1.82) is 0 Å². The molecule has 0 spiro atoms. The van der Waals surface area contributed by atoms with E-state index < -0.39 is 0 Å². The second kappa shape index (κ2) is 3.45. The summed E-state index contributed by atoms with van der Waals surface area (Å²) in [5.41, 5.74) is 1.53. The van der Waals surface area contributed by atoms with Crippen molar-refractivity contribution in [3.05, 3.63) is 11.6 Å². The van der Waals surface area contributed by atoms with Gasteiger partial charge in [-0.1, -0.05) is 25.8 Å². The van der Waals surface area contributed by atoms with Crippen LogP contribution in [-0.2, 0) is 0 Å². The van der Waals surface area contributed by atoms with E-state index in [1.807, 2.05) is 0 Å². The first-order valence-electron chi connectivity index (χ1n) is 5.59. The molecule has 0 aromatic heterocycles. The van der Waals surface area contributed by atoms with Crippen molar-refractivity contribution in [1.82, 2.24) is 0 Å². The summed E-state index contributed by atoms with van der Waals surface area (Å²) in [4.78, 5) is 0. The van der Waals surface area contributed by atoms with Gasteiger partial charge in [-0.3, -0.25) is 0 Å². The van der Waals surface area contributed by atoms with Crippen LogP contribution in [0.1, 0.15) is 51.9 Å². The van der Waals surface area contributed by atoms with E-state index >= 15 is 0 Å². The lowest BCUT2D eigenvalue weighted by Gasteiger charge is -2.31. The van der Waals surface area contributed by atoms with Crippen molar-refractivity contribution >= 4 is 0 Å². The molecule has 0 bridgehead atoms. The lowest BCUT2D eigenvalue weighted by molar-refractivity contribution is 0.0699. The summed E-state index contributed by atoms with van der Waals surface area (Å²) in [6.07, 6.45) is 10.7. The number of hydrogen-bond donors (Lipinski definition) is 1. The minimum Gasteiger partial charge on any atom is -0.388 e. The maximum atomic E-state index is 10.2. The van der Waals surface area contributed by atoms with Crippen molar-refractivity contribution < 1.29 is 5.11 Å². The quantitative estimate of drug-likeness (QED) is 0.648. The van der Waals surface area contributed by atoms with E-state index in [9.17, 15) is 5.11 Å². The molecule has 74 valence electrons. The molecule has 2 rings (SSSR count). The van der Waals surface area contributed by atoms with Gasteiger partial charge in [-0.25, -0.2) is 0 Å². The van der Waals surface area contributed by atoms with E-state index in [1.165, 1.54) is 44.1 Å². The van der Waals surface area contributed by atoms with Crippen molar-refractivity contribution in [2.45, 2.75) is 58.0 Å². The Morgan fingerprint density at radius 2 is 2.00 bits per heavy atom. The van der Waals surface area contributed by atoms with Gasteiger partial charge in [0.1, 0.15) is 0 Å². The average Bonchev–Trinajstić information content (AvgIpc) is 2.73. The molecule has 1 nitrogen and oxygen atoms in total. The highest BCUT2D eigenvalue weighted by Gasteiger charge is 2.37. The summed E-state index contributed by atoms with van der Waals surface area (Å²) in [6, 6.07) is 0. The molecular formula is C12H20O. The number of aliphatic hydroxyl groups excluding tert-OH is 1. The Morgan fingerprint density at radius 3 is 2.54 bits per heavy atom. The van der Waals surface area contributed by atoms with Gasteiger partial charge in [-0.15, -0.1) is 0 Å². The normalized spacial score (nSPS) is 28.9. The van der Waals surface area contributed by atoms with E-state index in [0.717, 1.165) is 6.42 Å². The SMILES string of the molecule is CC1(C(O)C2=CCCC2)CCCC1. The van der Waals surface area contributed by atoms with Crippen molar-refractivity contribution in [3.8, 4) is 0 Å². The van der Waals surface area contributed by atoms with Crippen LogP contribution in [0.2, 0.25) is 0 Å². The molecule has 1 atom stereocenters. The second-order valence-corrected chi connectivity index (χ2v) is 4.93. The van der Waals surface area contributed by atoms with Crippen LogP contribution in [0.4, 0.5) is 0 Å². The minimum atomic E-state index is -0.141. The Labute approximate surface area is 80.8 Å². The lowest BCUT2D eigenvalue weighted by Crippen LogP contribution is -2.30. The third-order valence-electron chi connectivity index (χ3n) is 3.83. The van der Waals surface area contributed by atoms with Crippen molar-refractivity contribution in [2.24, 2.45) is 5.41 Å². The highest BCUT2D eigenvalue weighted by molar-refractivity contribution is 5.16. The molecule has 2 aliphatic rings. The molecular weight excluding hydrogens is 160 g/mol. The summed E-state index contributed by atoms with van der Waals surface area (Å²) in [6.45, 7) is 2.25. The molecule has 1 N–H and O–H groups in total. The Kier molecular flexibility index (Phi) is 2.46. The lowest BCUT2D eigenvalue weighted by atomic mass is 9.79. The van der Waals surface area contributed by atoms with Crippen LogP contribution >= 0.6 is 0 Å². The number of rotatable bonds is 2. The fourth-order valence-corrected chi connectivity index (χ4v) is 2.85. The highest BCUT2D eigenvalue weighted by Crippen LogP contribution is 2.44. The zero-order valence-corrected chi connectivity index (χ0v) is 8.55. The largest absolute Gasteiger partial charge is 0.388 e. The molecule has 0 saturated heterocycles. The van der Waals surface area contributed by atoms with E-state index in [1.54, 1.807) is 0 Å². The first-order chi connectivity index (χ1) is 6.22. The van der Waals surface area contributed by atoms with E-state index in [4.69, 9.17) is 0 Å². The predicted molar refractivity (Wildman–Crippen MR) is 54.5 cm³/mol. The van der Waals surface area contributed by atoms with Gasteiger partial charge < -0.3 is 5.11 Å².